The molecular formula is C18H23F3N2O3. The Balaban J connectivity index is 3.55. The number of rotatable bonds is 5. The highest BCUT2D eigenvalue weighted by molar-refractivity contribution is 5.74. The Morgan fingerprint density at radius 2 is 1.96 bits per heavy atom. The van der Waals surface area contributed by atoms with Crippen LogP contribution < -0.4 is 5.56 Å². The molecule has 0 aliphatic rings. The van der Waals surface area contributed by atoms with Crippen LogP contribution in [0.15, 0.2) is 17.1 Å². The second-order valence-corrected chi connectivity index (χ2v) is 6.55. The second-order valence-electron chi connectivity index (χ2n) is 6.55. The lowest BCUT2D eigenvalue weighted by molar-refractivity contribution is -0.145. The summed E-state index contributed by atoms with van der Waals surface area (Å²) in [6.07, 6.45) is -3.47. The van der Waals surface area contributed by atoms with E-state index in [9.17, 15) is 22.8 Å². The lowest BCUT2D eigenvalue weighted by atomic mass is 10.0. The van der Waals surface area contributed by atoms with E-state index in [1.54, 1.807) is 19.0 Å². The molecule has 1 aromatic heterocycles. The fourth-order valence-electron chi connectivity index (χ4n) is 2.32. The van der Waals surface area contributed by atoms with Crippen LogP contribution in [0.2, 0.25) is 0 Å². The van der Waals surface area contributed by atoms with Crippen LogP contribution in [-0.4, -0.2) is 43.2 Å². The number of hydrogen-bond acceptors (Lipinski definition) is 4. The molecule has 1 aromatic rings. The van der Waals surface area contributed by atoms with Crippen LogP contribution in [0.25, 0.3) is 0 Å². The van der Waals surface area contributed by atoms with Gasteiger partial charge in [-0.25, -0.2) is 4.79 Å². The van der Waals surface area contributed by atoms with Gasteiger partial charge in [-0.2, -0.15) is 13.2 Å². The lowest BCUT2D eigenvalue weighted by Gasteiger charge is -2.21. The smallest absolute Gasteiger partial charge is 0.417 e. The molecule has 0 bridgehead atoms. The number of carbonyl (C=O) groups is 1. The Morgan fingerprint density at radius 1 is 1.35 bits per heavy atom. The number of halogens is 3. The molecule has 0 radical (unpaired) electrons. The molecule has 1 unspecified atom stereocenters. The minimum Gasteiger partial charge on any atom is -0.467 e. The molecule has 0 aliphatic heterocycles. The number of esters is 1. The summed E-state index contributed by atoms with van der Waals surface area (Å²) in [7, 11) is 4.63. The maximum atomic E-state index is 13.3. The number of hydrogen-bond donors (Lipinski definition) is 0. The fourth-order valence-corrected chi connectivity index (χ4v) is 2.32. The summed E-state index contributed by atoms with van der Waals surface area (Å²) in [6, 6.07) is -0.528. The van der Waals surface area contributed by atoms with Crippen molar-refractivity contribution in [2.75, 3.05) is 27.7 Å². The number of carbonyl (C=O) groups excluding carboxylic acids is 1. The molecule has 5 nitrogen and oxygen atoms in total. The van der Waals surface area contributed by atoms with Crippen LogP contribution in [0.3, 0.4) is 0 Å². The lowest BCUT2D eigenvalue weighted by Crippen LogP contribution is -2.32. The summed E-state index contributed by atoms with van der Waals surface area (Å²) in [5, 5.41) is 0. The van der Waals surface area contributed by atoms with Crippen LogP contribution in [0.4, 0.5) is 13.2 Å². The monoisotopic (exact) mass is 372 g/mol. The van der Waals surface area contributed by atoms with Gasteiger partial charge in [-0.1, -0.05) is 25.7 Å². The Morgan fingerprint density at radius 3 is 2.42 bits per heavy atom. The first-order valence-corrected chi connectivity index (χ1v) is 8.02. The van der Waals surface area contributed by atoms with E-state index in [-0.39, 0.29) is 24.4 Å². The van der Waals surface area contributed by atoms with E-state index < -0.39 is 29.3 Å². The first-order valence-electron chi connectivity index (χ1n) is 8.02. The standard InChI is InChI=1S/C18H23F3N2O3/c1-12(2)9-15(17(25)26-5)23-11-13(7-6-8-22(3)4)14(10-16(23)24)18(19,20)21/h10-12,15H,8-9H2,1-5H3. The third-order valence-electron chi connectivity index (χ3n) is 3.51. The molecular weight excluding hydrogens is 349 g/mol. The fraction of sp³-hybridized carbons (Fsp3) is 0.556. The Kier molecular flexibility index (Phi) is 7.45. The Hall–Kier alpha value is -2.27. The van der Waals surface area contributed by atoms with Crippen molar-refractivity contribution in [1.82, 2.24) is 9.47 Å². The zero-order chi connectivity index (χ0) is 20.1. The second kappa shape index (κ2) is 8.90. The van der Waals surface area contributed by atoms with Crippen molar-refractivity contribution in [2.24, 2.45) is 5.92 Å². The molecule has 8 heteroatoms. The first kappa shape index (κ1) is 21.8. The predicted octanol–water partition coefficient (Wildman–Crippen LogP) is 2.54. The highest BCUT2D eigenvalue weighted by Crippen LogP contribution is 2.31. The molecule has 0 saturated carbocycles. The van der Waals surface area contributed by atoms with Crippen molar-refractivity contribution in [3.05, 3.63) is 33.7 Å². The van der Waals surface area contributed by atoms with Crippen molar-refractivity contribution in [2.45, 2.75) is 32.5 Å². The first-order chi connectivity index (χ1) is 12.0. The average Bonchev–Trinajstić information content (AvgIpc) is 2.51. The van der Waals surface area contributed by atoms with Gasteiger partial charge < -0.3 is 4.74 Å². The SMILES string of the molecule is COC(=O)C(CC(C)C)n1cc(C#CCN(C)C)c(C(F)(F)F)cc1=O. The van der Waals surface area contributed by atoms with Crippen LogP contribution in [0, 0.1) is 17.8 Å². The number of aromatic nitrogens is 1. The van der Waals surface area contributed by atoms with Crippen LogP contribution in [0.1, 0.15) is 37.4 Å². The van der Waals surface area contributed by atoms with Crippen molar-refractivity contribution in [1.29, 1.82) is 0 Å². The van der Waals surface area contributed by atoms with E-state index in [2.05, 4.69) is 11.8 Å². The number of nitrogens with zero attached hydrogens (tertiary/aromatic N) is 2. The van der Waals surface area contributed by atoms with Crippen LogP contribution in [-0.2, 0) is 15.7 Å². The molecule has 0 saturated heterocycles. The van der Waals surface area contributed by atoms with Gasteiger partial charge in [0, 0.05) is 12.3 Å². The molecule has 1 rings (SSSR count). The van der Waals surface area contributed by atoms with Gasteiger partial charge in [0.15, 0.2) is 0 Å². The Bertz CT molecular complexity index is 756. The van der Waals surface area contributed by atoms with Gasteiger partial charge in [0.25, 0.3) is 5.56 Å². The predicted molar refractivity (Wildman–Crippen MR) is 91.6 cm³/mol. The summed E-state index contributed by atoms with van der Waals surface area (Å²) in [5.41, 5.74) is -2.39. The summed E-state index contributed by atoms with van der Waals surface area (Å²) in [4.78, 5) is 26.0. The van der Waals surface area contributed by atoms with E-state index in [1.165, 1.54) is 7.11 Å². The number of pyridine rings is 1. The molecule has 0 amide bonds. The summed E-state index contributed by atoms with van der Waals surface area (Å²) in [5.74, 6) is 4.43. The van der Waals surface area contributed by atoms with E-state index in [4.69, 9.17) is 4.74 Å². The summed E-state index contributed by atoms with van der Waals surface area (Å²) >= 11 is 0. The molecule has 0 N–H and O–H groups in total. The zero-order valence-electron chi connectivity index (χ0n) is 15.5. The van der Waals surface area contributed by atoms with E-state index >= 15 is 0 Å². The van der Waals surface area contributed by atoms with Crippen molar-refractivity contribution in [3.8, 4) is 11.8 Å². The molecule has 0 fully saturated rings. The van der Waals surface area contributed by atoms with Crippen LogP contribution >= 0.6 is 0 Å². The van der Waals surface area contributed by atoms with Crippen molar-refractivity contribution < 1.29 is 22.7 Å². The van der Waals surface area contributed by atoms with Gasteiger partial charge >= 0.3 is 12.1 Å². The molecule has 0 aliphatic carbocycles. The number of methoxy groups -OCH3 is 1. The number of ether oxygens (including phenoxy) is 1. The van der Waals surface area contributed by atoms with E-state index in [1.807, 2.05) is 13.8 Å². The van der Waals surface area contributed by atoms with E-state index in [0.717, 1.165) is 10.8 Å². The molecule has 26 heavy (non-hydrogen) atoms. The minimum atomic E-state index is -4.72. The third-order valence-corrected chi connectivity index (χ3v) is 3.51. The van der Waals surface area contributed by atoms with Crippen LogP contribution in [0.5, 0.6) is 0 Å². The molecule has 144 valence electrons. The van der Waals surface area contributed by atoms with Crippen molar-refractivity contribution in [3.63, 3.8) is 0 Å². The van der Waals surface area contributed by atoms with Gasteiger partial charge in [-0.3, -0.25) is 14.3 Å². The molecule has 1 atom stereocenters. The normalized spacial score (nSPS) is 12.7. The Labute approximate surface area is 150 Å². The van der Waals surface area contributed by atoms with Gasteiger partial charge in [-0.05, 0) is 26.4 Å². The molecule has 0 spiro atoms. The maximum Gasteiger partial charge on any atom is 0.417 e. The third kappa shape index (κ3) is 5.92. The number of alkyl halides is 3. The topological polar surface area (TPSA) is 51.5 Å². The quantitative estimate of drug-likeness (QED) is 0.589. The van der Waals surface area contributed by atoms with Gasteiger partial charge in [0.2, 0.25) is 0 Å². The minimum absolute atomic E-state index is 0.0246. The molecule has 0 aromatic carbocycles. The average molecular weight is 372 g/mol. The van der Waals surface area contributed by atoms with Gasteiger partial charge in [0.1, 0.15) is 6.04 Å². The largest absolute Gasteiger partial charge is 0.467 e. The van der Waals surface area contributed by atoms with Gasteiger partial charge in [-0.15, -0.1) is 0 Å². The highest BCUT2D eigenvalue weighted by Gasteiger charge is 2.35. The summed E-state index contributed by atoms with van der Waals surface area (Å²) in [6.45, 7) is 3.93. The molecule has 1 heterocycles. The maximum absolute atomic E-state index is 13.3. The summed E-state index contributed by atoms with van der Waals surface area (Å²) < 4.78 is 45.5. The van der Waals surface area contributed by atoms with E-state index in [0.29, 0.717) is 6.07 Å². The zero-order valence-corrected chi connectivity index (χ0v) is 15.5. The van der Waals surface area contributed by atoms with Crippen molar-refractivity contribution >= 4 is 5.97 Å². The highest BCUT2D eigenvalue weighted by atomic mass is 19.4. The van der Waals surface area contributed by atoms with Gasteiger partial charge in [0.05, 0.1) is 24.8 Å².